The Balaban J connectivity index is 0.00000229. The van der Waals surface area contributed by atoms with Crippen LogP contribution in [0, 0.1) is 6.07 Å². The van der Waals surface area contributed by atoms with E-state index in [-0.39, 0.29) is 25.5 Å². The minimum atomic E-state index is -0.157. The summed E-state index contributed by atoms with van der Waals surface area (Å²) in [5, 5.41) is 2.54. The third kappa shape index (κ3) is 3.14. The van der Waals surface area contributed by atoms with Gasteiger partial charge >= 0.3 is 0 Å². The van der Waals surface area contributed by atoms with Gasteiger partial charge in [-0.05, 0) is 61.0 Å². The second kappa shape index (κ2) is 7.98. The van der Waals surface area contributed by atoms with Crippen molar-refractivity contribution in [3.05, 3.63) is 115 Å². The Morgan fingerprint density at radius 3 is 2.49 bits per heavy atom. The number of benzene rings is 3. The van der Waals surface area contributed by atoms with Crippen LogP contribution in [0.1, 0.15) is 25.1 Å². The molecular formula is C31H22IrN3-. The molecule has 0 amide bonds. The van der Waals surface area contributed by atoms with E-state index in [4.69, 9.17) is 4.98 Å². The Kier molecular flexibility index (Phi) is 5.00. The zero-order chi connectivity index (χ0) is 22.9. The summed E-state index contributed by atoms with van der Waals surface area (Å²) in [6.45, 7) is 4.56. The van der Waals surface area contributed by atoms with Crippen LogP contribution < -0.4 is 0 Å². The second-order valence-corrected chi connectivity index (χ2v) is 9.47. The standard InChI is InChI=1S/C31H22N3.Ir/c1-31(2)25-11-6-10-23-24-19-21(20-8-5-9-22(18-20)26-12-3-4-16-32-26)14-15-27(24)34(29(23)25)28-13-7-17-33-30(28)31;/h3-8,10-19H,1-2H3;/q-1;. The second-order valence-electron chi connectivity index (χ2n) is 9.47. The monoisotopic (exact) mass is 629 g/mol. The van der Waals surface area contributed by atoms with Crippen LogP contribution in [-0.2, 0) is 25.5 Å². The largest absolute Gasteiger partial charge is 0.307 e. The number of rotatable bonds is 2. The van der Waals surface area contributed by atoms with Crippen molar-refractivity contribution in [3.8, 4) is 28.1 Å². The van der Waals surface area contributed by atoms with E-state index in [1.807, 2.05) is 42.7 Å². The summed E-state index contributed by atoms with van der Waals surface area (Å²) in [6, 6.07) is 33.3. The first-order valence-corrected chi connectivity index (χ1v) is 11.6. The zero-order valence-corrected chi connectivity index (χ0v) is 21.8. The summed E-state index contributed by atoms with van der Waals surface area (Å²) in [5.74, 6) is 0. The Labute approximate surface area is 217 Å². The third-order valence-electron chi connectivity index (χ3n) is 7.16. The van der Waals surface area contributed by atoms with Crippen molar-refractivity contribution in [2.45, 2.75) is 19.3 Å². The van der Waals surface area contributed by atoms with Gasteiger partial charge in [0.05, 0.1) is 22.4 Å². The zero-order valence-electron chi connectivity index (χ0n) is 19.4. The van der Waals surface area contributed by atoms with Gasteiger partial charge in [0.15, 0.2) is 0 Å². The van der Waals surface area contributed by atoms with Gasteiger partial charge in [-0.1, -0.05) is 36.4 Å². The summed E-state index contributed by atoms with van der Waals surface area (Å²) < 4.78 is 2.40. The maximum Gasteiger partial charge on any atom is 0.0744 e. The van der Waals surface area contributed by atoms with Gasteiger partial charge in [0, 0.05) is 48.7 Å². The molecule has 0 aliphatic carbocycles. The molecule has 3 aromatic carbocycles. The minimum Gasteiger partial charge on any atom is -0.307 e. The van der Waals surface area contributed by atoms with Gasteiger partial charge in [0.1, 0.15) is 0 Å². The van der Waals surface area contributed by atoms with E-state index < -0.39 is 0 Å². The first kappa shape index (κ1) is 21.9. The number of para-hydroxylation sites is 1. The van der Waals surface area contributed by atoms with E-state index in [2.05, 4.69) is 84.1 Å². The third-order valence-corrected chi connectivity index (χ3v) is 7.16. The molecule has 0 unspecified atom stereocenters. The predicted octanol–water partition coefficient (Wildman–Crippen LogP) is 7.34. The summed E-state index contributed by atoms with van der Waals surface area (Å²) in [7, 11) is 0. The molecule has 0 spiro atoms. The van der Waals surface area contributed by atoms with Crippen molar-refractivity contribution in [3.63, 3.8) is 0 Å². The molecule has 7 rings (SSSR count). The molecule has 0 N–H and O–H groups in total. The number of hydrogen-bond donors (Lipinski definition) is 0. The normalized spacial score (nSPS) is 13.4. The van der Waals surface area contributed by atoms with Gasteiger partial charge in [-0.25, -0.2) is 0 Å². The maximum atomic E-state index is 4.82. The molecule has 0 saturated heterocycles. The molecule has 3 nitrogen and oxygen atoms in total. The van der Waals surface area contributed by atoms with Crippen molar-refractivity contribution in [2.24, 2.45) is 0 Å². The average molecular weight is 629 g/mol. The summed E-state index contributed by atoms with van der Waals surface area (Å²) in [4.78, 5) is 9.32. The van der Waals surface area contributed by atoms with Gasteiger partial charge in [0.25, 0.3) is 0 Å². The van der Waals surface area contributed by atoms with E-state index in [0.717, 1.165) is 22.5 Å². The predicted molar refractivity (Wildman–Crippen MR) is 138 cm³/mol. The molecule has 4 heterocycles. The number of hydrogen-bond acceptors (Lipinski definition) is 2. The van der Waals surface area contributed by atoms with E-state index in [1.165, 1.54) is 38.6 Å². The topological polar surface area (TPSA) is 30.7 Å². The molecule has 1 aliphatic heterocycles. The van der Waals surface area contributed by atoms with Crippen LogP contribution in [-0.4, -0.2) is 14.5 Å². The number of pyridine rings is 2. The number of fused-ring (bicyclic) bond motifs is 5. The fraction of sp³-hybridized carbons (Fsp3) is 0.0968. The van der Waals surface area contributed by atoms with E-state index >= 15 is 0 Å². The van der Waals surface area contributed by atoms with Gasteiger partial charge in [0.2, 0.25) is 0 Å². The fourth-order valence-corrected chi connectivity index (χ4v) is 5.51. The maximum absolute atomic E-state index is 4.82. The van der Waals surface area contributed by atoms with Crippen molar-refractivity contribution in [1.82, 2.24) is 14.5 Å². The Morgan fingerprint density at radius 1 is 0.771 bits per heavy atom. The van der Waals surface area contributed by atoms with Crippen molar-refractivity contribution >= 4 is 21.8 Å². The van der Waals surface area contributed by atoms with Crippen molar-refractivity contribution < 1.29 is 20.1 Å². The quantitative estimate of drug-likeness (QED) is 0.188. The fourth-order valence-electron chi connectivity index (χ4n) is 5.51. The molecule has 1 aliphatic rings. The SMILES string of the molecule is CC1(C)c2ncccc2-n2c3ccc(-c4cc[c-]c(-c5ccccn5)c4)cc3c3cccc1c32.[Ir]. The molecule has 35 heavy (non-hydrogen) atoms. The molecule has 1 radical (unpaired) electrons. The van der Waals surface area contributed by atoms with Crippen molar-refractivity contribution in [2.75, 3.05) is 0 Å². The van der Waals surface area contributed by atoms with Crippen LogP contribution in [0.15, 0.2) is 97.3 Å². The molecule has 171 valence electrons. The van der Waals surface area contributed by atoms with Gasteiger partial charge < -0.3 is 9.55 Å². The van der Waals surface area contributed by atoms with E-state index in [0.29, 0.717) is 0 Å². The van der Waals surface area contributed by atoms with E-state index in [9.17, 15) is 0 Å². The Morgan fingerprint density at radius 2 is 1.63 bits per heavy atom. The Hall–Kier alpha value is -3.59. The first-order valence-electron chi connectivity index (χ1n) is 11.6. The van der Waals surface area contributed by atoms with E-state index in [1.54, 1.807) is 0 Å². The smallest absolute Gasteiger partial charge is 0.0744 e. The molecule has 0 saturated carbocycles. The molecule has 6 aromatic rings. The average Bonchev–Trinajstić information content (AvgIpc) is 3.22. The molecule has 0 fully saturated rings. The minimum absolute atomic E-state index is 0. The van der Waals surface area contributed by atoms with Gasteiger partial charge in [-0.15, -0.1) is 35.4 Å². The summed E-state index contributed by atoms with van der Waals surface area (Å²) in [6.07, 6.45) is 3.73. The van der Waals surface area contributed by atoms with Crippen LogP contribution in [0.2, 0.25) is 0 Å². The van der Waals surface area contributed by atoms with Crippen LogP contribution >= 0.6 is 0 Å². The summed E-state index contributed by atoms with van der Waals surface area (Å²) >= 11 is 0. The number of aromatic nitrogens is 3. The summed E-state index contributed by atoms with van der Waals surface area (Å²) in [5.41, 5.74) is 10.2. The van der Waals surface area contributed by atoms with Crippen LogP contribution in [0.3, 0.4) is 0 Å². The van der Waals surface area contributed by atoms with Gasteiger partial charge in [-0.2, -0.15) is 0 Å². The first-order chi connectivity index (χ1) is 16.6. The number of nitrogens with zero attached hydrogens (tertiary/aromatic N) is 3. The molecular weight excluding hydrogens is 607 g/mol. The van der Waals surface area contributed by atoms with Crippen LogP contribution in [0.4, 0.5) is 0 Å². The van der Waals surface area contributed by atoms with Crippen LogP contribution in [0.25, 0.3) is 49.9 Å². The molecule has 0 atom stereocenters. The van der Waals surface area contributed by atoms with Gasteiger partial charge in [-0.3, -0.25) is 4.98 Å². The van der Waals surface area contributed by atoms with Crippen molar-refractivity contribution in [1.29, 1.82) is 0 Å². The molecule has 0 bridgehead atoms. The van der Waals surface area contributed by atoms with Crippen LogP contribution in [0.5, 0.6) is 0 Å². The molecule has 4 heteroatoms. The Bertz CT molecular complexity index is 1730. The molecule has 3 aromatic heterocycles.